The second-order valence-electron chi connectivity index (χ2n) is 5.71. The Kier molecular flexibility index (Phi) is 3.69. The van der Waals surface area contributed by atoms with Crippen LogP contribution < -0.4 is 5.32 Å². The lowest BCUT2D eigenvalue weighted by Gasteiger charge is -2.45. The molecule has 1 aliphatic rings. The predicted octanol–water partition coefficient (Wildman–Crippen LogP) is 2.54. The summed E-state index contributed by atoms with van der Waals surface area (Å²) in [4.78, 5) is 2.24. The van der Waals surface area contributed by atoms with Crippen molar-refractivity contribution >= 4 is 0 Å². The van der Waals surface area contributed by atoms with E-state index in [1.165, 1.54) is 12.1 Å². The average molecular weight is 254 g/mol. The highest BCUT2D eigenvalue weighted by Gasteiger charge is 2.32. The zero-order chi connectivity index (χ0) is 13.3. The Bertz CT molecular complexity index is 432. The van der Waals surface area contributed by atoms with Crippen LogP contribution in [0.3, 0.4) is 0 Å². The van der Waals surface area contributed by atoms with Crippen molar-refractivity contribution in [2.45, 2.75) is 38.9 Å². The van der Waals surface area contributed by atoms with Crippen molar-refractivity contribution in [3.8, 4) is 0 Å². The zero-order valence-corrected chi connectivity index (χ0v) is 11.1. The molecule has 0 bridgehead atoms. The average Bonchev–Trinajstić information content (AvgIpc) is 2.27. The van der Waals surface area contributed by atoms with Crippen molar-refractivity contribution in [3.05, 3.63) is 35.4 Å². The SMILES string of the molecule is CC1CN(Cc2ccc(F)cc2F)C(C)(C)CN1. The molecule has 0 saturated carbocycles. The van der Waals surface area contributed by atoms with Gasteiger partial charge in [0, 0.05) is 42.8 Å². The molecule has 1 aromatic carbocycles. The van der Waals surface area contributed by atoms with Crippen LogP contribution in [0.15, 0.2) is 18.2 Å². The van der Waals surface area contributed by atoms with Crippen molar-refractivity contribution in [1.82, 2.24) is 10.2 Å². The summed E-state index contributed by atoms with van der Waals surface area (Å²) in [6, 6.07) is 4.19. The molecule has 1 aromatic rings. The molecule has 0 aliphatic carbocycles. The number of benzene rings is 1. The quantitative estimate of drug-likeness (QED) is 0.872. The number of rotatable bonds is 2. The van der Waals surface area contributed by atoms with E-state index in [1.807, 2.05) is 0 Å². The molecule has 2 nitrogen and oxygen atoms in total. The van der Waals surface area contributed by atoms with Gasteiger partial charge in [0.1, 0.15) is 11.6 Å². The molecule has 2 rings (SSSR count). The van der Waals surface area contributed by atoms with Gasteiger partial charge in [0.2, 0.25) is 0 Å². The molecular weight excluding hydrogens is 234 g/mol. The maximum absolute atomic E-state index is 13.7. The molecule has 4 heteroatoms. The second kappa shape index (κ2) is 4.94. The molecule has 1 aliphatic heterocycles. The Morgan fingerprint density at radius 3 is 2.78 bits per heavy atom. The second-order valence-corrected chi connectivity index (χ2v) is 5.71. The first-order valence-electron chi connectivity index (χ1n) is 6.31. The van der Waals surface area contributed by atoms with Gasteiger partial charge in [0.15, 0.2) is 0 Å². The fourth-order valence-electron chi connectivity index (χ4n) is 2.31. The maximum atomic E-state index is 13.7. The van der Waals surface area contributed by atoms with E-state index in [2.05, 4.69) is 31.0 Å². The number of hydrogen-bond donors (Lipinski definition) is 1. The summed E-state index contributed by atoms with van der Waals surface area (Å²) in [6.45, 7) is 8.63. The van der Waals surface area contributed by atoms with Gasteiger partial charge in [-0.2, -0.15) is 0 Å². The van der Waals surface area contributed by atoms with Crippen molar-refractivity contribution in [1.29, 1.82) is 0 Å². The Balaban J connectivity index is 2.16. The van der Waals surface area contributed by atoms with Gasteiger partial charge in [-0.15, -0.1) is 0 Å². The van der Waals surface area contributed by atoms with Crippen LogP contribution >= 0.6 is 0 Å². The third-order valence-corrected chi connectivity index (χ3v) is 3.61. The molecule has 1 heterocycles. The molecule has 1 N–H and O–H groups in total. The van der Waals surface area contributed by atoms with Gasteiger partial charge in [-0.1, -0.05) is 6.07 Å². The van der Waals surface area contributed by atoms with Gasteiger partial charge < -0.3 is 5.32 Å². The summed E-state index contributed by atoms with van der Waals surface area (Å²) in [7, 11) is 0. The molecule has 0 radical (unpaired) electrons. The molecule has 0 amide bonds. The molecule has 100 valence electrons. The van der Waals surface area contributed by atoms with E-state index in [4.69, 9.17) is 0 Å². The van der Waals surface area contributed by atoms with E-state index in [1.54, 1.807) is 0 Å². The zero-order valence-electron chi connectivity index (χ0n) is 11.1. The number of nitrogens with one attached hydrogen (secondary N) is 1. The summed E-state index contributed by atoms with van der Waals surface area (Å²) in [5.74, 6) is -0.985. The minimum absolute atomic E-state index is 0.0205. The normalized spacial score (nSPS) is 24.2. The van der Waals surface area contributed by atoms with Crippen molar-refractivity contribution in [3.63, 3.8) is 0 Å². The summed E-state index contributed by atoms with van der Waals surface area (Å²) in [5.41, 5.74) is 0.534. The monoisotopic (exact) mass is 254 g/mol. The maximum Gasteiger partial charge on any atom is 0.130 e. The molecule has 0 spiro atoms. The van der Waals surface area contributed by atoms with Crippen LogP contribution in [0, 0.1) is 11.6 Å². The first kappa shape index (κ1) is 13.4. The highest BCUT2D eigenvalue weighted by atomic mass is 19.1. The number of nitrogens with zero attached hydrogens (tertiary/aromatic N) is 1. The first-order chi connectivity index (χ1) is 8.38. The first-order valence-corrected chi connectivity index (χ1v) is 6.31. The Morgan fingerprint density at radius 2 is 2.11 bits per heavy atom. The fraction of sp³-hybridized carbons (Fsp3) is 0.571. The summed E-state index contributed by atoms with van der Waals surface area (Å²) >= 11 is 0. The van der Waals surface area contributed by atoms with Crippen LogP contribution in [0.4, 0.5) is 8.78 Å². The molecule has 0 aromatic heterocycles. The molecule has 1 saturated heterocycles. The van der Waals surface area contributed by atoms with Crippen LogP contribution in [-0.4, -0.2) is 29.6 Å². The largest absolute Gasteiger partial charge is 0.311 e. The van der Waals surface area contributed by atoms with E-state index in [9.17, 15) is 8.78 Å². The van der Waals surface area contributed by atoms with E-state index >= 15 is 0 Å². The van der Waals surface area contributed by atoms with Gasteiger partial charge >= 0.3 is 0 Å². The van der Waals surface area contributed by atoms with Crippen molar-refractivity contribution in [2.75, 3.05) is 13.1 Å². The highest BCUT2D eigenvalue weighted by molar-refractivity contribution is 5.19. The minimum Gasteiger partial charge on any atom is -0.311 e. The van der Waals surface area contributed by atoms with Crippen LogP contribution in [0.1, 0.15) is 26.3 Å². The Hall–Kier alpha value is -1.00. The standard InChI is InChI=1S/C14H20F2N2/c1-10-7-18(14(2,3)9-17-10)8-11-4-5-12(15)6-13(11)16/h4-6,10,17H,7-9H2,1-3H3. The van der Waals surface area contributed by atoms with Crippen LogP contribution in [0.25, 0.3) is 0 Å². The fourth-order valence-corrected chi connectivity index (χ4v) is 2.31. The molecule has 1 atom stereocenters. The van der Waals surface area contributed by atoms with Crippen LogP contribution in [0.2, 0.25) is 0 Å². The van der Waals surface area contributed by atoms with Gasteiger partial charge in [0.05, 0.1) is 0 Å². The van der Waals surface area contributed by atoms with Crippen molar-refractivity contribution < 1.29 is 8.78 Å². The molecule has 1 unspecified atom stereocenters. The van der Waals surface area contributed by atoms with Gasteiger partial charge in [0.25, 0.3) is 0 Å². The Morgan fingerprint density at radius 1 is 1.39 bits per heavy atom. The summed E-state index contributed by atoms with van der Waals surface area (Å²) in [6.07, 6.45) is 0. The molecule has 18 heavy (non-hydrogen) atoms. The lowest BCUT2D eigenvalue weighted by molar-refractivity contribution is 0.0616. The van der Waals surface area contributed by atoms with Crippen LogP contribution in [0.5, 0.6) is 0 Å². The van der Waals surface area contributed by atoms with E-state index in [0.717, 1.165) is 19.2 Å². The van der Waals surface area contributed by atoms with Crippen molar-refractivity contribution in [2.24, 2.45) is 0 Å². The minimum atomic E-state index is -0.524. The van der Waals surface area contributed by atoms with Gasteiger partial charge in [-0.25, -0.2) is 8.78 Å². The Labute approximate surface area is 107 Å². The van der Waals surface area contributed by atoms with E-state index < -0.39 is 11.6 Å². The smallest absolute Gasteiger partial charge is 0.130 e. The van der Waals surface area contributed by atoms with E-state index in [0.29, 0.717) is 18.2 Å². The van der Waals surface area contributed by atoms with Gasteiger partial charge in [-0.05, 0) is 26.8 Å². The van der Waals surface area contributed by atoms with E-state index in [-0.39, 0.29) is 5.54 Å². The molecule has 1 fully saturated rings. The van der Waals surface area contributed by atoms with Gasteiger partial charge in [-0.3, -0.25) is 4.90 Å². The number of piperazine rings is 1. The summed E-state index contributed by atoms with van der Waals surface area (Å²) < 4.78 is 26.5. The molecular formula is C14H20F2N2. The van der Waals surface area contributed by atoms with Crippen LogP contribution in [-0.2, 0) is 6.54 Å². The summed E-state index contributed by atoms with van der Waals surface area (Å²) in [5, 5.41) is 3.42. The lowest BCUT2D eigenvalue weighted by atomic mass is 9.97. The predicted molar refractivity (Wildman–Crippen MR) is 68.3 cm³/mol. The third kappa shape index (κ3) is 2.87. The lowest BCUT2D eigenvalue weighted by Crippen LogP contribution is -2.60. The number of halogens is 2. The topological polar surface area (TPSA) is 15.3 Å². The highest BCUT2D eigenvalue weighted by Crippen LogP contribution is 2.22. The number of hydrogen-bond acceptors (Lipinski definition) is 2. The third-order valence-electron chi connectivity index (χ3n) is 3.61.